The number of unbranched alkanes of at least 4 members (excludes halogenated alkanes) is 1. The fourth-order valence-corrected chi connectivity index (χ4v) is 5.77. The van der Waals surface area contributed by atoms with Crippen molar-refractivity contribution in [2.45, 2.75) is 45.1 Å². The highest BCUT2D eigenvalue weighted by molar-refractivity contribution is 7.19. The lowest BCUT2D eigenvalue weighted by Gasteiger charge is -2.26. The number of likely N-dealkylation sites (N-methyl/N-ethyl adjacent to an activating group) is 1. The molecule has 2 N–H and O–H groups in total. The van der Waals surface area contributed by atoms with Crippen molar-refractivity contribution in [2.75, 3.05) is 32.0 Å². The predicted octanol–water partition coefficient (Wildman–Crippen LogP) is 4.27. The molecule has 2 amide bonds. The van der Waals surface area contributed by atoms with Crippen LogP contribution in [0, 0.1) is 6.92 Å². The molecule has 8 nitrogen and oxygen atoms in total. The van der Waals surface area contributed by atoms with Crippen LogP contribution >= 0.6 is 34.3 Å². The Labute approximate surface area is 200 Å². The molecule has 3 heterocycles. The third-order valence-corrected chi connectivity index (χ3v) is 7.55. The SMILES string of the molecule is Cc1sc(C2CCCN2C(=O)CN(C)CCCCC(=O)O)cc1C(=O)Nc1ncc(Cl)s1. The van der Waals surface area contributed by atoms with Gasteiger partial charge in [-0.3, -0.25) is 24.6 Å². The number of aryl methyl sites for hydroxylation is 1. The van der Waals surface area contributed by atoms with Gasteiger partial charge in [-0.15, -0.1) is 11.3 Å². The van der Waals surface area contributed by atoms with Gasteiger partial charge in [-0.25, -0.2) is 4.98 Å². The van der Waals surface area contributed by atoms with Crippen molar-refractivity contribution in [3.05, 3.63) is 31.9 Å². The van der Waals surface area contributed by atoms with Gasteiger partial charge in [0.2, 0.25) is 5.91 Å². The average Bonchev–Trinajstić information content (AvgIpc) is 3.44. The first kappa shape index (κ1) is 24.6. The zero-order valence-corrected chi connectivity index (χ0v) is 20.5. The monoisotopic (exact) mass is 498 g/mol. The number of nitrogens with zero attached hydrogens (tertiary/aromatic N) is 3. The number of rotatable bonds is 10. The van der Waals surface area contributed by atoms with Crippen LogP contribution in [-0.2, 0) is 9.59 Å². The molecule has 1 aliphatic heterocycles. The summed E-state index contributed by atoms with van der Waals surface area (Å²) in [5.41, 5.74) is 0.589. The molecule has 0 radical (unpaired) electrons. The van der Waals surface area contributed by atoms with E-state index in [1.165, 1.54) is 17.5 Å². The first-order chi connectivity index (χ1) is 15.2. The molecular weight excluding hydrogens is 472 g/mol. The molecule has 3 rings (SSSR count). The minimum Gasteiger partial charge on any atom is -0.481 e. The second-order valence-corrected chi connectivity index (χ2v) is 10.8. The molecule has 1 atom stereocenters. The number of carbonyl (C=O) groups excluding carboxylic acids is 2. The predicted molar refractivity (Wildman–Crippen MR) is 127 cm³/mol. The zero-order chi connectivity index (χ0) is 23.3. The fourth-order valence-electron chi connectivity index (χ4n) is 3.79. The van der Waals surface area contributed by atoms with Crippen LogP contribution in [-0.4, -0.2) is 64.4 Å². The Morgan fingerprint density at radius 2 is 2.12 bits per heavy atom. The Kier molecular flexibility index (Phi) is 8.64. The van der Waals surface area contributed by atoms with Gasteiger partial charge in [-0.2, -0.15) is 0 Å². The molecule has 0 saturated carbocycles. The summed E-state index contributed by atoms with van der Waals surface area (Å²) in [6, 6.07) is 1.86. The molecule has 0 aromatic carbocycles. The number of aliphatic carboxylic acids is 1. The quantitative estimate of drug-likeness (QED) is 0.474. The lowest BCUT2D eigenvalue weighted by atomic mass is 10.1. The van der Waals surface area contributed by atoms with Gasteiger partial charge in [0, 0.05) is 22.7 Å². The normalized spacial score (nSPS) is 16.0. The van der Waals surface area contributed by atoms with Gasteiger partial charge in [-0.05, 0) is 52.3 Å². The Morgan fingerprint density at radius 3 is 2.81 bits per heavy atom. The van der Waals surface area contributed by atoms with Gasteiger partial charge >= 0.3 is 5.97 Å². The number of halogens is 1. The maximum absolute atomic E-state index is 12.9. The first-order valence-corrected chi connectivity index (χ1v) is 12.5. The number of nitrogens with one attached hydrogen (secondary N) is 1. The van der Waals surface area contributed by atoms with E-state index in [0.717, 1.165) is 29.0 Å². The van der Waals surface area contributed by atoms with E-state index < -0.39 is 5.97 Å². The number of thiazole rings is 1. The third kappa shape index (κ3) is 6.50. The molecule has 32 heavy (non-hydrogen) atoms. The zero-order valence-electron chi connectivity index (χ0n) is 18.1. The molecule has 1 unspecified atom stereocenters. The van der Waals surface area contributed by atoms with Gasteiger partial charge in [-0.1, -0.05) is 22.9 Å². The van der Waals surface area contributed by atoms with Crippen LogP contribution in [0.4, 0.5) is 5.13 Å². The number of likely N-dealkylation sites (tertiary alicyclic amines) is 1. The maximum Gasteiger partial charge on any atom is 0.303 e. The lowest BCUT2D eigenvalue weighted by Crippen LogP contribution is -2.38. The van der Waals surface area contributed by atoms with E-state index in [1.54, 1.807) is 11.3 Å². The van der Waals surface area contributed by atoms with E-state index in [9.17, 15) is 14.4 Å². The molecule has 0 bridgehead atoms. The largest absolute Gasteiger partial charge is 0.481 e. The van der Waals surface area contributed by atoms with Gasteiger partial charge in [0.25, 0.3) is 5.91 Å². The van der Waals surface area contributed by atoms with E-state index in [1.807, 2.05) is 29.8 Å². The molecule has 174 valence electrons. The maximum atomic E-state index is 12.9. The molecule has 2 aromatic rings. The highest BCUT2D eigenvalue weighted by atomic mass is 35.5. The highest BCUT2D eigenvalue weighted by Crippen LogP contribution is 2.38. The molecular formula is C21H27ClN4O4S2. The summed E-state index contributed by atoms with van der Waals surface area (Å²) >= 11 is 8.64. The molecule has 0 spiro atoms. The van der Waals surface area contributed by atoms with Crippen LogP contribution in [0.3, 0.4) is 0 Å². The smallest absolute Gasteiger partial charge is 0.303 e. The highest BCUT2D eigenvalue weighted by Gasteiger charge is 2.32. The summed E-state index contributed by atoms with van der Waals surface area (Å²) in [7, 11) is 1.88. The summed E-state index contributed by atoms with van der Waals surface area (Å²) in [5.74, 6) is -0.964. The van der Waals surface area contributed by atoms with Gasteiger partial charge in [0.1, 0.15) is 4.34 Å². The van der Waals surface area contributed by atoms with Crippen molar-refractivity contribution >= 4 is 57.2 Å². The summed E-state index contributed by atoms with van der Waals surface area (Å²) in [5, 5.41) is 12.0. The van der Waals surface area contributed by atoms with Crippen molar-refractivity contribution in [1.29, 1.82) is 0 Å². The van der Waals surface area contributed by atoms with E-state index in [4.69, 9.17) is 16.7 Å². The number of carboxylic acids is 1. The van der Waals surface area contributed by atoms with Crippen molar-refractivity contribution in [3.8, 4) is 0 Å². The second-order valence-electron chi connectivity index (χ2n) is 7.88. The van der Waals surface area contributed by atoms with E-state index in [-0.39, 0.29) is 24.3 Å². The fraction of sp³-hybridized carbons (Fsp3) is 0.524. The van der Waals surface area contributed by atoms with E-state index in [0.29, 0.717) is 41.1 Å². The van der Waals surface area contributed by atoms with Gasteiger partial charge in [0.05, 0.1) is 24.3 Å². The van der Waals surface area contributed by atoms with Crippen molar-refractivity contribution in [1.82, 2.24) is 14.8 Å². The summed E-state index contributed by atoms with van der Waals surface area (Å²) < 4.78 is 0.509. The topological polar surface area (TPSA) is 103 Å². The Hall–Kier alpha value is -2.01. The lowest BCUT2D eigenvalue weighted by molar-refractivity contribution is -0.137. The average molecular weight is 499 g/mol. The molecule has 2 aromatic heterocycles. The van der Waals surface area contributed by atoms with Gasteiger partial charge < -0.3 is 10.0 Å². The Bertz CT molecular complexity index is 977. The second kappa shape index (κ2) is 11.2. The van der Waals surface area contributed by atoms with Crippen LogP contribution < -0.4 is 5.32 Å². The van der Waals surface area contributed by atoms with Crippen LogP contribution in [0.2, 0.25) is 4.34 Å². The number of hydrogen-bond donors (Lipinski definition) is 2. The minimum absolute atomic E-state index is 0.0255. The van der Waals surface area contributed by atoms with Crippen molar-refractivity contribution < 1.29 is 19.5 Å². The van der Waals surface area contributed by atoms with Crippen molar-refractivity contribution in [2.24, 2.45) is 0 Å². The van der Waals surface area contributed by atoms with E-state index >= 15 is 0 Å². The van der Waals surface area contributed by atoms with Crippen LogP contribution in [0.15, 0.2) is 12.3 Å². The first-order valence-electron chi connectivity index (χ1n) is 10.5. The number of thiophene rings is 1. The molecule has 1 saturated heterocycles. The van der Waals surface area contributed by atoms with Crippen LogP contribution in [0.1, 0.15) is 58.3 Å². The Morgan fingerprint density at radius 1 is 1.34 bits per heavy atom. The number of carbonyl (C=O) groups is 3. The summed E-state index contributed by atoms with van der Waals surface area (Å²) in [6.07, 6.45) is 4.79. The standard InChI is InChI=1S/C21H27ClN4O4S2/c1-13-14(20(30)24-21-23-11-17(22)32-21)10-16(31-13)15-6-5-9-26(15)18(27)12-25(2)8-4-3-7-19(28)29/h10-11,15H,3-9,12H2,1-2H3,(H,28,29)(H,23,24,30). The number of aromatic nitrogens is 1. The van der Waals surface area contributed by atoms with Crippen LogP contribution in [0.25, 0.3) is 0 Å². The number of amides is 2. The number of anilines is 1. The third-order valence-electron chi connectivity index (χ3n) is 5.37. The molecule has 1 fully saturated rings. The summed E-state index contributed by atoms with van der Waals surface area (Å²) in [6.45, 7) is 3.59. The molecule has 1 aliphatic rings. The van der Waals surface area contributed by atoms with Crippen LogP contribution in [0.5, 0.6) is 0 Å². The number of hydrogen-bond acceptors (Lipinski definition) is 7. The Balaban J connectivity index is 1.59. The molecule has 0 aliphatic carbocycles. The van der Waals surface area contributed by atoms with Crippen molar-refractivity contribution in [3.63, 3.8) is 0 Å². The molecule has 11 heteroatoms. The minimum atomic E-state index is -0.793. The summed E-state index contributed by atoms with van der Waals surface area (Å²) in [4.78, 5) is 46.1. The van der Waals surface area contributed by atoms with E-state index in [2.05, 4.69) is 10.3 Å². The number of carboxylic acid groups (broad SMARTS) is 1. The van der Waals surface area contributed by atoms with Gasteiger partial charge in [0.15, 0.2) is 5.13 Å².